The summed E-state index contributed by atoms with van der Waals surface area (Å²) in [6.45, 7) is 23.9. The number of fused-ring (bicyclic) bond motifs is 1. The molecule has 0 N–H and O–H groups in total. The van der Waals surface area contributed by atoms with E-state index in [0.29, 0.717) is 0 Å². The molecule has 0 bridgehead atoms. The number of rotatable bonds is 9. The Morgan fingerprint density at radius 1 is 0.958 bits per heavy atom. The summed E-state index contributed by atoms with van der Waals surface area (Å²) < 4.78 is 37.4. The van der Waals surface area contributed by atoms with Crippen LogP contribution in [0.4, 0.5) is 0 Å². The maximum atomic E-state index is 14.4. The minimum absolute atomic E-state index is 0.0197. The SMILES string of the molecule is C#CCOC1[C@H]2O[Si](C(C)C)(C(C)C)O[Si](C(C)C)(C(C)C)OC[C@H]2O[C@H]1n1cc(C#C[Si](C)(C)C)c(=O)n(Cc2ccccc2)c1=O. The minimum Gasteiger partial charge on any atom is -0.414 e. The molecule has 9 nitrogen and oxygen atoms in total. The van der Waals surface area contributed by atoms with Gasteiger partial charge in [-0.15, -0.1) is 12.0 Å². The van der Waals surface area contributed by atoms with Gasteiger partial charge in [0, 0.05) is 6.20 Å². The summed E-state index contributed by atoms with van der Waals surface area (Å²) in [5, 5.41) is 0. The van der Waals surface area contributed by atoms with E-state index in [1.54, 1.807) is 0 Å². The second kappa shape index (κ2) is 15.2. The lowest BCUT2D eigenvalue weighted by Crippen LogP contribution is -2.66. The van der Waals surface area contributed by atoms with Crippen molar-refractivity contribution in [3.63, 3.8) is 0 Å². The molecule has 2 aromatic rings. The Kier molecular flexibility index (Phi) is 12.1. The zero-order valence-corrected chi connectivity index (χ0v) is 33.5. The maximum absolute atomic E-state index is 14.4. The average Bonchev–Trinajstić information content (AvgIpc) is 3.32. The Bertz CT molecular complexity index is 1630. The third-order valence-corrected chi connectivity index (χ3v) is 20.3. The molecular formula is C36H54N2O7Si3. The fourth-order valence-electron chi connectivity index (χ4n) is 6.72. The van der Waals surface area contributed by atoms with E-state index in [1.165, 1.54) is 15.3 Å². The summed E-state index contributed by atoms with van der Waals surface area (Å²) in [6, 6.07) is 9.42. The van der Waals surface area contributed by atoms with Crippen LogP contribution in [0.5, 0.6) is 0 Å². The van der Waals surface area contributed by atoms with Gasteiger partial charge in [0.25, 0.3) is 5.56 Å². The first-order valence-electron chi connectivity index (χ1n) is 17.1. The number of terminal acetylenes is 1. The van der Waals surface area contributed by atoms with Gasteiger partial charge in [0.15, 0.2) is 6.23 Å². The minimum atomic E-state index is -3.04. The van der Waals surface area contributed by atoms with Crippen molar-refractivity contribution in [2.75, 3.05) is 13.2 Å². The molecule has 2 saturated heterocycles. The lowest BCUT2D eigenvalue weighted by molar-refractivity contribution is -0.0681. The van der Waals surface area contributed by atoms with Crippen LogP contribution in [-0.4, -0.2) is 65.9 Å². The van der Waals surface area contributed by atoms with Crippen molar-refractivity contribution in [3.05, 3.63) is 68.5 Å². The predicted molar refractivity (Wildman–Crippen MR) is 197 cm³/mol. The highest BCUT2D eigenvalue weighted by Gasteiger charge is 2.62. The van der Waals surface area contributed by atoms with E-state index in [-0.39, 0.29) is 47.5 Å². The van der Waals surface area contributed by atoms with Crippen molar-refractivity contribution in [3.8, 4) is 23.8 Å². The molecule has 4 rings (SSSR count). The van der Waals surface area contributed by atoms with Gasteiger partial charge in [-0.05, 0) is 27.7 Å². The van der Waals surface area contributed by atoms with Crippen LogP contribution < -0.4 is 11.2 Å². The van der Waals surface area contributed by atoms with Crippen LogP contribution in [-0.2, 0) is 29.0 Å². The van der Waals surface area contributed by atoms with Crippen molar-refractivity contribution in [1.29, 1.82) is 0 Å². The van der Waals surface area contributed by atoms with Gasteiger partial charge < -0.3 is 22.4 Å². The lowest BCUT2D eigenvalue weighted by atomic mass is 10.1. The zero-order chi connectivity index (χ0) is 35.6. The van der Waals surface area contributed by atoms with Gasteiger partial charge >= 0.3 is 22.8 Å². The first-order valence-corrected chi connectivity index (χ1v) is 24.6. The van der Waals surface area contributed by atoms with Crippen LogP contribution in [0, 0.1) is 23.8 Å². The van der Waals surface area contributed by atoms with E-state index < -0.39 is 61.0 Å². The van der Waals surface area contributed by atoms with Gasteiger partial charge in [0.1, 0.15) is 38.6 Å². The summed E-state index contributed by atoms with van der Waals surface area (Å²) in [6.07, 6.45) is 4.27. The highest BCUT2D eigenvalue weighted by Crippen LogP contribution is 2.48. The first-order chi connectivity index (χ1) is 22.5. The smallest absolute Gasteiger partial charge is 0.335 e. The van der Waals surface area contributed by atoms with Gasteiger partial charge in [-0.1, -0.05) is 117 Å². The van der Waals surface area contributed by atoms with Crippen molar-refractivity contribution in [2.24, 2.45) is 0 Å². The molecule has 2 aliphatic heterocycles. The molecule has 3 heterocycles. The highest BCUT2D eigenvalue weighted by molar-refractivity contribution is 6.84. The van der Waals surface area contributed by atoms with Gasteiger partial charge in [-0.25, -0.2) is 4.79 Å². The second-order valence-corrected chi connectivity index (χ2v) is 28.8. The number of hydrogen-bond acceptors (Lipinski definition) is 7. The summed E-state index contributed by atoms with van der Waals surface area (Å²) in [5.74, 6) is 5.69. The molecule has 1 unspecified atom stereocenters. The quantitative estimate of drug-likeness (QED) is 0.228. The van der Waals surface area contributed by atoms with Crippen molar-refractivity contribution < 1.29 is 22.4 Å². The van der Waals surface area contributed by atoms with Crippen LogP contribution in [0.3, 0.4) is 0 Å². The molecule has 0 spiro atoms. The molecule has 12 heteroatoms. The van der Waals surface area contributed by atoms with Crippen molar-refractivity contribution >= 4 is 25.2 Å². The Labute approximate surface area is 289 Å². The lowest BCUT2D eigenvalue weighted by Gasteiger charge is -2.51. The Morgan fingerprint density at radius 3 is 2.10 bits per heavy atom. The standard InChI is InChI=1S/C36H54N2O7Si3/c1-13-20-41-33-32-31(24-42-47(25(2)3,26(4)5)45-48(44-32,27(6)7)28(8)9)43-35(33)38-23-30(19-21-46(10,11)12)34(39)37(36(38)40)22-29-17-15-14-16-18-29/h1,14-18,23,25-28,31-33,35H,20,22,24H2,2-12H3/t31-,32+,33?,35-/m1/s1. The topological polar surface area (TPSA) is 90.2 Å². The zero-order valence-electron chi connectivity index (χ0n) is 30.5. The molecule has 2 aliphatic rings. The van der Waals surface area contributed by atoms with Gasteiger partial charge in [0.05, 0.1) is 13.2 Å². The largest absolute Gasteiger partial charge is 0.414 e. The first kappa shape index (κ1) is 38.3. The average molecular weight is 711 g/mol. The number of aromatic nitrogens is 2. The molecule has 0 aliphatic carbocycles. The summed E-state index contributed by atoms with van der Waals surface area (Å²) in [5.41, 5.74) is 3.83. The summed E-state index contributed by atoms with van der Waals surface area (Å²) in [4.78, 5) is 28.2. The van der Waals surface area contributed by atoms with Crippen LogP contribution >= 0.6 is 0 Å². The summed E-state index contributed by atoms with van der Waals surface area (Å²) >= 11 is 0. The van der Waals surface area contributed by atoms with Gasteiger partial charge in [0.2, 0.25) is 0 Å². The number of benzene rings is 1. The normalized spacial score (nSPS) is 23.8. The van der Waals surface area contributed by atoms with E-state index in [9.17, 15) is 9.59 Å². The molecule has 1 aromatic carbocycles. The molecule has 2 fully saturated rings. The fraction of sp³-hybridized carbons (Fsp3) is 0.611. The predicted octanol–water partition coefficient (Wildman–Crippen LogP) is 6.16. The Hall–Kier alpha value is -2.53. The molecule has 48 heavy (non-hydrogen) atoms. The summed E-state index contributed by atoms with van der Waals surface area (Å²) in [7, 11) is -7.76. The van der Waals surface area contributed by atoms with Crippen LogP contribution in [0.1, 0.15) is 72.7 Å². The third kappa shape index (κ3) is 7.77. The fourth-order valence-corrected chi connectivity index (χ4v) is 18.4. The van der Waals surface area contributed by atoms with Crippen LogP contribution in [0.2, 0.25) is 41.8 Å². The van der Waals surface area contributed by atoms with Gasteiger partial charge in [-0.3, -0.25) is 13.9 Å². The van der Waals surface area contributed by atoms with E-state index in [0.717, 1.165) is 5.56 Å². The number of nitrogens with zero attached hydrogens (tertiary/aromatic N) is 2. The Morgan fingerprint density at radius 2 is 1.56 bits per heavy atom. The second-order valence-electron chi connectivity index (χ2n) is 15.2. The maximum Gasteiger partial charge on any atom is 0.335 e. The van der Waals surface area contributed by atoms with E-state index >= 15 is 0 Å². The van der Waals surface area contributed by atoms with Crippen molar-refractivity contribution in [1.82, 2.24) is 9.13 Å². The molecular weight excluding hydrogens is 657 g/mol. The van der Waals surface area contributed by atoms with Gasteiger partial charge in [-0.2, -0.15) is 0 Å². The molecule has 0 saturated carbocycles. The molecule has 0 radical (unpaired) electrons. The highest BCUT2D eigenvalue weighted by atomic mass is 28.5. The number of hydrogen-bond donors (Lipinski definition) is 0. The Balaban J connectivity index is 1.93. The molecule has 262 valence electrons. The van der Waals surface area contributed by atoms with Crippen LogP contribution in [0.15, 0.2) is 46.1 Å². The van der Waals surface area contributed by atoms with E-state index in [2.05, 4.69) is 92.4 Å². The van der Waals surface area contributed by atoms with Crippen LogP contribution in [0.25, 0.3) is 0 Å². The van der Waals surface area contributed by atoms with E-state index in [4.69, 9.17) is 28.9 Å². The number of ether oxygens (including phenoxy) is 2. The molecule has 0 amide bonds. The third-order valence-electron chi connectivity index (χ3n) is 9.20. The van der Waals surface area contributed by atoms with E-state index in [1.807, 2.05) is 30.3 Å². The molecule has 4 atom stereocenters. The monoisotopic (exact) mass is 710 g/mol. The molecule has 1 aromatic heterocycles. The van der Waals surface area contributed by atoms with Crippen molar-refractivity contribution in [2.45, 2.75) is 128 Å².